The average molecular weight is 388 g/mol. The highest BCUT2D eigenvalue weighted by Crippen LogP contribution is 2.35. The van der Waals surface area contributed by atoms with Crippen molar-refractivity contribution in [3.05, 3.63) is 84.3 Å². The van der Waals surface area contributed by atoms with Crippen LogP contribution in [-0.4, -0.2) is 29.3 Å². The maximum absolute atomic E-state index is 11.0. The van der Waals surface area contributed by atoms with Crippen LogP contribution in [0.3, 0.4) is 0 Å². The van der Waals surface area contributed by atoms with Crippen LogP contribution < -0.4 is 14.2 Å². The molecule has 0 unspecified atom stereocenters. The van der Waals surface area contributed by atoms with Crippen LogP contribution in [0.25, 0.3) is 10.9 Å². The van der Waals surface area contributed by atoms with Gasteiger partial charge in [0, 0.05) is 11.5 Å². The van der Waals surface area contributed by atoms with E-state index < -0.39 is 6.10 Å². The standard InChI is InChI=1S/C23H20N2O4/c1-27-20-12-18-19(13-21(20)28-2)24-14-25-22(18)23(26)15-8-10-17(11-9-15)29-16-6-4-3-5-7-16/h3-14,23,26H,1-2H3/t23-/m1/s1. The molecule has 1 heterocycles. The van der Waals surface area contributed by atoms with Crippen LogP contribution in [0.2, 0.25) is 0 Å². The van der Waals surface area contributed by atoms with E-state index in [-0.39, 0.29) is 0 Å². The van der Waals surface area contributed by atoms with Gasteiger partial charge >= 0.3 is 0 Å². The van der Waals surface area contributed by atoms with Gasteiger partial charge in [0.25, 0.3) is 0 Å². The Hall–Kier alpha value is -3.64. The molecular weight excluding hydrogens is 368 g/mol. The zero-order valence-corrected chi connectivity index (χ0v) is 16.1. The number of para-hydroxylation sites is 1. The highest BCUT2D eigenvalue weighted by atomic mass is 16.5. The van der Waals surface area contributed by atoms with Crippen molar-refractivity contribution < 1.29 is 19.3 Å². The van der Waals surface area contributed by atoms with E-state index in [1.807, 2.05) is 54.6 Å². The second-order valence-corrected chi connectivity index (χ2v) is 6.37. The van der Waals surface area contributed by atoms with Gasteiger partial charge in [0.05, 0.1) is 25.4 Å². The Labute approximate surface area is 168 Å². The second-order valence-electron chi connectivity index (χ2n) is 6.37. The van der Waals surface area contributed by atoms with E-state index in [4.69, 9.17) is 14.2 Å². The predicted molar refractivity (Wildman–Crippen MR) is 110 cm³/mol. The summed E-state index contributed by atoms with van der Waals surface area (Å²) in [6, 6.07) is 20.3. The normalized spacial score (nSPS) is 11.8. The zero-order chi connectivity index (χ0) is 20.2. The molecule has 0 bridgehead atoms. The lowest BCUT2D eigenvalue weighted by Crippen LogP contribution is -2.04. The molecule has 1 aromatic heterocycles. The van der Waals surface area contributed by atoms with Crippen molar-refractivity contribution >= 4 is 10.9 Å². The largest absolute Gasteiger partial charge is 0.493 e. The second kappa shape index (κ2) is 8.16. The molecule has 4 rings (SSSR count). The zero-order valence-electron chi connectivity index (χ0n) is 16.1. The number of methoxy groups -OCH3 is 2. The molecule has 0 aliphatic carbocycles. The minimum atomic E-state index is -0.927. The minimum absolute atomic E-state index is 0.493. The molecule has 1 atom stereocenters. The van der Waals surface area contributed by atoms with Gasteiger partial charge in [0.2, 0.25) is 0 Å². The van der Waals surface area contributed by atoms with E-state index in [0.29, 0.717) is 39.4 Å². The monoisotopic (exact) mass is 388 g/mol. The van der Waals surface area contributed by atoms with Crippen molar-refractivity contribution in [2.45, 2.75) is 6.10 Å². The van der Waals surface area contributed by atoms with Crippen LogP contribution in [0, 0.1) is 0 Å². The van der Waals surface area contributed by atoms with Crippen molar-refractivity contribution in [1.29, 1.82) is 0 Å². The van der Waals surface area contributed by atoms with Crippen molar-refractivity contribution in [2.24, 2.45) is 0 Å². The lowest BCUT2D eigenvalue weighted by molar-refractivity contribution is 0.217. The van der Waals surface area contributed by atoms with Gasteiger partial charge in [-0.15, -0.1) is 0 Å². The highest BCUT2D eigenvalue weighted by molar-refractivity contribution is 5.85. The SMILES string of the molecule is COc1cc2ncnc([C@H](O)c3ccc(Oc4ccccc4)cc3)c2cc1OC. The van der Waals surface area contributed by atoms with E-state index >= 15 is 0 Å². The Morgan fingerprint density at radius 3 is 2.14 bits per heavy atom. The van der Waals surface area contributed by atoms with Crippen LogP contribution in [-0.2, 0) is 0 Å². The maximum Gasteiger partial charge on any atom is 0.162 e. The molecule has 6 nitrogen and oxygen atoms in total. The number of aliphatic hydroxyl groups is 1. The molecule has 0 saturated heterocycles. The number of hydrogen-bond acceptors (Lipinski definition) is 6. The summed E-state index contributed by atoms with van der Waals surface area (Å²) in [4.78, 5) is 8.60. The lowest BCUT2D eigenvalue weighted by Gasteiger charge is -2.15. The number of benzene rings is 3. The first kappa shape index (κ1) is 18.7. The van der Waals surface area contributed by atoms with Crippen LogP contribution in [0.5, 0.6) is 23.0 Å². The van der Waals surface area contributed by atoms with Gasteiger partial charge in [-0.25, -0.2) is 9.97 Å². The molecule has 0 aliphatic heterocycles. The summed E-state index contributed by atoms with van der Waals surface area (Å²) >= 11 is 0. The van der Waals surface area contributed by atoms with Crippen molar-refractivity contribution in [3.63, 3.8) is 0 Å². The molecule has 0 radical (unpaired) electrons. The number of rotatable bonds is 6. The summed E-state index contributed by atoms with van der Waals surface area (Å²) in [5.41, 5.74) is 1.85. The first-order chi connectivity index (χ1) is 14.2. The van der Waals surface area contributed by atoms with Crippen molar-refractivity contribution in [2.75, 3.05) is 14.2 Å². The van der Waals surface area contributed by atoms with Crippen LogP contribution >= 0.6 is 0 Å². The smallest absolute Gasteiger partial charge is 0.162 e. The third-order valence-electron chi connectivity index (χ3n) is 4.61. The summed E-state index contributed by atoms with van der Waals surface area (Å²) in [7, 11) is 3.13. The summed E-state index contributed by atoms with van der Waals surface area (Å²) in [6.07, 6.45) is 0.504. The molecule has 29 heavy (non-hydrogen) atoms. The van der Waals surface area contributed by atoms with Crippen LogP contribution in [0.15, 0.2) is 73.1 Å². The number of nitrogens with zero attached hydrogens (tertiary/aromatic N) is 2. The third kappa shape index (κ3) is 3.83. The van der Waals surface area contributed by atoms with E-state index in [0.717, 1.165) is 5.75 Å². The number of aromatic nitrogens is 2. The predicted octanol–water partition coefficient (Wildman–Crippen LogP) is 4.52. The summed E-state index contributed by atoms with van der Waals surface area (Å²) in [6.45, 7) is 0. The Kier molecular flexibility index (Phi) is 5.27. The van der Waals surface area contributed by atoms with Crippen molar-refractivity contribution in [1.82, 2.24) is 9.97 Å². The fourth-order valence-corrected chi connectivity index (χ4v) is 3.12. The summed E-state index contributed by atoms with van der Waals surface area (Å²) < 4.78 is 16.5. The third-order valence-corrected chi connectivity index (χ3v) is 4.61. The number of ether oxygens (including phenoxy) is 3. The van der Waals surface area contributed by atoms with E-state index in [1.54, 1.807) is 26.4 Å². The molecule has 0 fully saturated rings. The fourth-order valence-electron chi connectivity index (χ4n) is 3.12. The topological polar surface area (TPSA) is 73.7 Å². The minimum Gasteiger partial charge on any atom is -0.493 e. The molecule has 146 valence electrons. The van der Waals surface area contributed by atoms with Gasteiger partial charge in [-0.2, -0.15) is 0 Å². The first-order valence-electron chi connectivity index (χ1n) is 9.07. The highest BCUT2D eigenvalue weighted by Gasteiger charge is 2.18. The molecule has 0 saturated carbocycles. The molecule has 3 aromatic carbocycles. The Bertz CT molecular complexity index is 1110. The fraction of sp³-hybridized carbons (Fsp3) is 0.130. The van der Waals surface area contributed by atoms with Crippen LogP contribution in [0.4, 0.5) is 0 Å². The Balaban J connectivity index is 1.65. The van der Waals surface area contributed by atoms with Gasteiger partial charge in [-0.1, -0.05) is 30.3 Å². The average Bonchev–Trinajstić information content (AvgIpc) is 2.78. The van der Waals surface area contributed by atoms with Gasteiger partial charge in [0.1, 0.15) is 23.9 Å². The van der Waals surface area contributed by atoms with E-state index in [9.17, 15) is 5.11 Å². The molecule has 4 aromatic rings. The number of hydrogen-bond donors (Lipinski definition) is 1. The lowest BCUT2D eigenvalue weighted by atomic mass is 10.0. The molecular formula is C23H20N2O4. The Morgan fingerprint density at radius 1 is 0.793 bits per heavy atom. The van der Waals surface area contributed by atoms with E-state index in [1.165, 1.54) is 6.33 Å². The number of aliphatic hydroxyl groups excluding tert-OH is 1. The molecule has 0 amide bonds. The molecule has 6 heteroatoms. The van der Waals surface area contributed by atoms with Gasteiger partial charge in [-0.3, -0.25) is 0 Å². The quantitative estimate of drug-likeness (QED) is 0.523. The van der Waals surface area contributed by atoms with Crippen LogP contribution in [0.1, 0.15) is 17.4 Å². The van der Waals surface area contributed by atoms with Crippen molar-refractivity contribution in [3.8, 4) is 23.0 Å². The maximum atomic E-state index is 11.0. The molecule has 0 aliphatic rings. The molecule has 0 spiro atoms. The number of fused-ring (bicyclic) bond motifs is 1. The summed E-state index contributed by atoms with van der Waals surface area (Å²) in [5.74, 6) is 2.56. The molecule has 1 N–H and O–H groups in total. The van der Waals surface area contributed by atoms with Gasteiger partial charge in [0.15, 0.2) is 11.5 Å². The first-order valence-corrected chi connectivity index (χ1v) is 9.07. The van der Waals surface area contributed by atoms with Gasteiger partial charge < -0.3 is 19.3 Å². The van der Waals surface area contributed by atoms with E-state index in [2.05, 4.69) is 9.97 Å². The Morgan fingerprint density at radius 2 is 1.45 bits per heavy atom. The summed E-state index contributed by atoms with van der Waals surface area (Å²) in [5, 5.41) is 11.7. The van der Waals surface area contributed by atoms with Gasteiger partial charge in [-0.05, 0) is 35.9 Å².